The summed E-state index contributed by atoms with van der Waals surface area (Å²) in [6, 6.07) is 10.9. The zero-order chi connectivity index (χ0) is 18.9. The Morgan fingerprint density at radius 2 is 1.65 bits per heavy atom. The van der Waals surface area contributed by atoms with E-state index in [-0.39, 0.29) is 0 Å². The molecule has 26 heavy (non-hydrogen) atoms. The highest BCUT2D eigenvalue weighted by Gasteiger charge is 2.29. The minimum atomic E-state index is -3.46. The molecule has 0 aromatic heterocycles. The Morgan fingerprint density at radius 1 is 0.962 bits per heavy atom. The van der Waals surface area contributed by atoms with Crippen molar-refractivity contribution in [3.63, 3.8) is 0 Å². The van der Waals surface area contributed by atoms with Gasteiger partial charge in [-0.25, -0.2) is 8.42 Å². The molecule has 0 bridgehead atoms. The third-order valence-corrected chi connectivity index (χ3v) is 7.33. The Labute approximate surface area is 165 Å². The van der Waals surface area contributed by atoms with E-state index in [0.29, 0.717) is 47.7 Å². The van der Waals surface area contributed by atoms with Crippen LogP contribution in [0.4, 0.5) is 0 Å². The molecule has 1 aliphatic rings. The topological polar surface area (TPSA) is 40.6 Å². The molecule has 0 saturated carbocycles. The fourth-order valence-corrected chi connectivity index (χ4v) is 5.34. The normalized spacial score (nSPS) is 16.8. The minimum absolute atomic E-state index is 0.400. The van der Waals surface area contributed by atoms with E-state index in [1.807, 2.05) is 38.1 Å². The minimum Gasteiger partial charge on any atom is -0.296 e. The van der Waals surface area contributed by atoms with Crippen LogP contribution in [0.25, 0.3) is 0 Å². The van der Waals surface area contributed by atoms with Gasteiger partial charge in [-0.3, -0.25) is 4.90 Å². The summed E-state index contributed by atoms with van der Waals surface area (Å²) in [7, 11) is -3.46. The lowest BCUT2D eigenvalue weighted by Crippen LogP contribution is -2.48. The molecular formula is C19H22Cl2N2O2S. The first-order chi connectivity index (χ1) is 12.3. The Hall–Kier alpha value is -1.11. The summed E-state index contributed by atoms with van der Waals surface area (Å²) < 4.78 is 27.5. The highest BCUT2D eigenvalue weighted by Crippen LogP contribution is 2.25. The molecule has 2 aromatic carbocycles. The number of piperazine rings is 1. The van der Waals surface area contributed by atoms with E-state index in [4.69, 9.17) is 23.2 Å². The molecule has 0 radical (unpaired) electrons. The van der Waals surface area contributed by atoms with Crippen LogP contribution in [0.5, 0.6) is 0 Å². The summed E-state index contributed by atoms with van der Waals surface area (Å²) in [5.41, 5.74) is 2.85. The van der Waals surface area contributed by atoms with Gasteiger partial charge in [0.15, 0.2) is 0 Å². The number of aryl methyl sites for hydroxylation is 2. The summed E-state index contributed by atoms with van der Waals surface area (Å²) >= 11 is 12.2. The van der Waals surface area contributed by atoms with E-state index in [1.165, 1.54) is 0 Å². The zero-order valence-corrected chi connectivity index (χ0v) is 17.2. The highest BCUT2D eigenvalue weighted by molar-refractivity contribution is 7.89. The standard InChI is InChI=1S/C19H22Cl2N2O2S/c1-14-3-6-19(15(2)11-14)26(24,25)23-9-7-22(8-10-23)13-16-4-5-17(20)12-18(16)21/h3-6,11-12H,7-10,13H2,1-2H3. The average Bonchev–Trinajstić information content (AvgIpc) is 2.57. The van der Waals surface area contributed by atoms with Crippen LogP contribution in [0.2, 0.25) is 10.0 Å². The Kier molecular flexibility index (Phi) is 5.94. The van der Waals surface area contributed by atoms with Gasteiger partial charge in [-0.05, 0) is 43.2 Å². The van der Waals surface area contributed by atoms with E-state index in [2.05, 4.69) is 4.90 Å². The first-order valence-electron chi connectivity index (χ1n) is 8.51. The maximum Gasteiger partial charge on any atom is 0.243 e. The van der Waals surface area contributed by atoms with Gasteiger partial charge in [-0.15, -0.1) is 0 Å². The van der Waals surface area contributed by atoms with E-state index in [1.54, 1.807) is 16.4 Å². The monoisotopic (exact) mass is 412 g/mol. The summed E-state index contributed by atoms with van der Waals surface area (Å²) in [6.07, 6.45) is 0. The van der Waals surface area contributed by atoms with Crippen LogP contribution in [-0.4, -0.2) is 43.8 Å². The molecule has 0 aliphatic carbocycles. The number of halogens is 2. The van der Waals surface area contributed by atoms with E-state index < -0.39 is 10.0 Å². The quantitative estimate of drug-likeness (QED) is 0.757. The smallest absolute Gasteiger partial charge is 0.243 e. The fraction of sp³-hybridized carbons (Fsp3) is 0.368. The molecule has 3 rings (SSSR count). The summed E-state index contributed by atoms with van der Waals surface area (Å²) in [5.74, 6) is 0. The SMILES string of the molecule is Cc1ccc(S(=O)(=O)N2CCN(Cc3ccc(Cl)cc3Cl)CC2)c(C)c1. The van der Waals surface area contributed by atoms with Gasteiger partial charge >= 0.3 is 0 Å². The van der Waals surface area contributed by atoms with Crippen LogP contribution in [0, 0.1) is 13.8 Å². The number of hydrogen-bond acceptors (Lipinski definition) is 3. The number of hydrogen-bond donors (Lipinski definition) is 0. The van der Waals surface area contributed by atoms with Gasteiger partial charge in [0.25, 0.3) is 0 Å². The zero-order valence-electron chi connectivity index (χ0n) is 14.9. The molecule has 1 fully saturated rings. The lowest BCUT2D eigenvalue weighted by Gasteiger charge is -2.34. The second-order valence-electron chi connectivity index (χ2n) is 6.68. The second kappa shape index (κ2) is 7.87. The van der Waals surface area contributed by atoms with Crippen LogP contribution < -0.4 is 0 Å². The molecule has 0 unspecified atom stereocenters. The molecule has 1 saturated heterocycles. The summed E-state index contributed by atoms with van der Waals surface area (Å²) in [6.45, 7) is 6.78. The first kappa shape index (κ1) is 19.6. The molecule has 1 heterocycles. The van der Waals surface area contributed by atoms with Crippen molar-refractivity contribution in [1.29, 1.82) is 0 Å². The molecule has 4 nitrogen and oxygen atoms in total. The lowest BCUT2D eigenvalue weighted by atomic mass is 10.2. The van der Waals surface area contributed by atoms with Crippen LogP contribution >= 0.6 is 23.2 Å². The number of benzene rings is 2. The third-order valence-electron chi connectivity index (χ3n) is 4.69. The first-order valence-corrected chi connectivity index (χ1v) is 10.7. The van der Waals surface area contributed by atoms with Crippen molar-refractivity contribution in [3.05, 3.63) is 63.1 Å². The Bertz CT molecular complexity index is 908. The number of rotatable bonds is 4. The van der Waals surface area contributed by atoms with E-state index >= 15 is 0 Å². The average molecular weight is 413 g/mol. The van der Waals surface area contributed by atoms with Crippen molar-refractivity contribution < 1.29 is 8.42 Å². The van der Waals surface area contributed by atoms with Crippen LogP contribution in [-0.2, 0) is 16.6 Å². The molecular weight excluding hydrogens is 391 g/mol. The van der Waals surface area contributed by atoms with Gasteiger partial charge in [-0.1, -0.05) is 47.0 Å². The van der Waals surface area contributed by atoms with Crippen LogP contribution in [0.15, 0.2) is 41.3 Å². The molecule has 0 atom stereocenters. The van der Waals surface area contributed by atoms with E-state index in [9.17, 15) is 8.42 Å². The predicted molar refractivity (Wildman–Crippen MR) is 106 cm³/mol. The van der Waals surface area contributed by atoms with Crippen LogP contribution in [0.1, 0.15) is 16.7 Å². The van der Waals surface area contributed by atoms with Gasteiger partial charge in [0.2, 0.25) is 10.0 Å². The van der Waals surface area contributed by atoms with Crippen molar-refractivity contribution in [1.82, 2.24) is 9.21 Å². The highest BCUT2D eigenvalue weighted by atomic mass is 35.5. The molecule has 0 amide bonds. The number of sulfonamides is 1. The fourth-order valence-electron chi connectivity index (χ4n) is 3.25. The molecule has 0 spiro atoms. The van der Waals surface area contributed by atoms with Crippen molar-refractivity contribution in [2.75, 3.05) is 26.2 Å². The lowest BCUT2D eigenvalue weighted by molar-refractivity contribution is 0.181. The number of nitrogens with zero attached hydrogens (tertiary/aromatic N) is 2. The van der Waals surface area contributed by atoms with Crippen molar-refractivity contribution >= 4 is 33.2 Å². The van der Waals surface area contributed by atoms with Gasteiger partial charge in [0, 0.05) is 42.8 Å². The summed E-state index contributed by atoms with van der Waals surface area (Å²) in [5, 5.41) is 1.26. The Balaban J connectivity index is 1.67. The van der Waals surface area contributed by atoms with Gasteiger partial charge in [0.1, 0.15) is 0 Å². The molecule has 1 aliphatic heterocycles. The predicted octanol–water partition coefficient (Wildman–Crippen LogP) is 4.12. The van der Waals surface area contributed by atoms with Crippen LogP contribution in [0.3, 0.4) is 0 Å². The molecule has 7 heteroatoms. The van der Waals surface area contributed by atoms with Crippen molar-refractivity contribution in [2.24, 2.45) is 0 Å². The Morgan fingerprint density at radius 3 is 2.27 bits per heavy atom. The molecule has 0 N–H and O–H groups in total. The van der Waals surface area contributed by atoms with Gasteiger partial charge < -0.3 is 0 Å². The van der Waals surface area contributed by atoms with Crippen molar-refractivity contribution in [2.45, 2.75) is 25.3 Å². The maximum absolute atomic E-state index is 12.9. The molecule has 2 aromatic rings. The third kappa shape index (κ3) is 4.24. The largest absolute Gasteiger partial charge is 0.296 e. The van der Waals surface area contributed by atoms with E-state index in [0.717, 1.165) is 16.7 Å². The van der Waals surface area contributed by atoms with Gasteiger partial charge in [0.05, 0.1) is 4.90 Å². The van der Waals surface area contributed by atoms with Crippen molar-refractivity contribution in [3.8, 4) is 0 Å². The molecule has 140 valence electrons. The second-order valence-corrected chi connectivity index (χ2v) is 9.43. The van der Waals surface area contributed by atoms with Gasteiger partial charge in [-0.2, -0.15) is 4.31 Å². The summed E-state index contributed by atoms with van der Waals surface area (Å²) in [4.78, 5) is 2.61. The maximum atomic E-state index is 12.9.